The average Bonchev–Trinajstić information content (AvgIpc) is 3.23. The zero-order chi connectivity index (χ0) is 18.6. The highest BCUT2D eigenvalue weighted by Gasteiger charge is 2.32. The van der Waals surface area contributed by atoms with Crippen molar-refractivity contribution in [3.05, 3.63) is 16.8 Å². The van der Waals surface area contributed by atoms with Crippen LogP contribution in [0.2, 0.25) is 0 Å². The molecule has 2 aromatic heterocycles. The van der Waals surface area contributed by atoms with Crippen LogP contribution in [0.5, 0.6) is 5.88 Å². The molecule has 6 nitrogen and oxygen atoms in total. The molecule has 4 rings (SSSR count). The minimum Gasteiger partial charge on any atom is -0.474 e. The molecule has 27 heavy (non-hydrogen) atoms. The first kappa shape index (κ1) is 18.8. The molecule has 0 unspecified atom stereocenters. The number of ether oxygens (including phenoxy) is 3. The van der Waals surface area contributed by atoms with E-state index in [0.717, 1.165) is 35.9 Å². The Bertz CT molecular complexity index is 801. The molecule has 0 N–H and O–H groups in total. The van der Waals surface area contributed by atoms with Crippen molar-refractivity contribution in [3.63, 3.8) is 0 Å². The van der Waals surface area contributed by atoms with Gasteiger partial charge in [-0.15, -0.1) is 11.3 Å². The van der Waals surface area contributed by atoms with Crippen LogP contribution in [-0.2, 0) is 20.7 Å². The molecule has 0 radical (unpaired) electrons. The first-order valence-corrected chi connectivity index (χ1v) is 10.6. The van der Waals surface area contributed by atoms with Gasteiger partial charge in [-0.2, -0.15) is 0 Å². The Balaban J connectivity index is 1.56. The maximum absolute atomic E-state index is 12.3. The number of hydrogen-bond acceptors (Lipinski definition) is 7. The standard InChI is InChI=1S/C20H26N2O4S/c1-24-12-25-10-14(23)9-13-7-8-16-17(13)18-19(21-11-22-20(18)27-16)26-15-5-3-2-4-6-15/h11,13,15H,2-10,12H2,1H3/t13-/m1/s1. The van der Waals surface area contributed by atoms with Crippen LogP contribution in [0.15, 0.2) is 6.33 Å². The highest BCUT2D eigenvalue weighted by Crippen LogP contribution is 2.47. The van der Waals surface area contributed by atoms with Crippen LogP contribution >= 0.6 is 11.3 Å². The third kappa shape index (κ3) is 4.15. The second kappa shape index (κ2) is 8.63. The van der Waals surface area contributed by atoms with Gasteiger partial charge < -0.3 is 14.2 Å². The number of aryl methyl sites for hydroxylation is 1. The molecule has 7 heteroatoms. The maximum Gasteiger partial charge on any atom is 0.225 e. The highest BCUT2D eigenvalue weighted by atomic mass is 32.1. The molecule has 2 heterocycles. The number of Topliss-reactive ketones (excluding diaryl/α,β-unsaturated/α-hetero) is 1. The molecule has 0 aliphatic heterocycles. The smallest absolute Gasteiger partial charge is 0.225 e. The van der Waals surface area contributed by atoms with Gasteiger partial charge >= 0.3 is 0 Å². The van der Waals surface area contributed by atoms with Crippen LogP contribution in [0.1, 0.15) is 61.3 Å². The van der Waals surface area contributed by atoms with Gasteiger partial charge in [-0.1, -0.05) is 6.42 Å². The summed E-state index contributed by atoms with van der Waals surface area (Å²) in [4.78, 5) is 23.6. The van der Waals surface area contributed by atoms with E-state index >= 15 is 0 Å². The van der Waals surface area contributed by atoms with Gasteiger partial charge in [0, 0.05) is 18.4 Å². The lowest BCUT2D eigenvalue weighted by molar-refractivity contribution is -0.128. The quantitative estimate of drug-likeness (QED) is 0.501. The topological polar surface area (TPSA) is 70.5 Å². The molecule has 1 saturated carbocycles. The number of fused-ring (bicyclic) bond motifs is 3. The second-order valence-corrected chi connectivity index (χ2v) is 8.49. The zero-order valence-electron chi connectivity index (χ0n) is 15.7. The molecular weight excluding hydrogens is 364 g/mol. The Morgan fingerprint density at radius 2 is 2.07 bits per heavy atom. The minimum atomic E-state index is 0.101. The van der Waals surface area contributed by atoms with Crippen molar-refractivity contribution >= 4 is 27.3 Å². The van der Waals surface area contributed by atoms with E-state index in [1.807, 2.05) is 0 Å². The van der Waals surface area contributed by atoms with Crippen LogP contribution in [0.25, 0.3) is 10.2 Å². The van der Waals surface area contributed by atoms with Gasteiger partial charge in [0.15, 0.2) is 5.78 Å². The molecule has 0 aromatic carbocycles. The molecule has 0 bridgehead atoms. The predicted octanol–water partition coefficient (Wildman–Crippen LogP) is 4.01. The van der Waals surface area contributed by atoms with Crippen molar-refractivity contribution in [1.82, 2.24) is 9.97 Å². The summed E-state index contributed by atoms with van der Waals surface area (Å²) in [6, 6.07) is 0. The number of carbonyl (C=O) groups is 1. The lowest BCUT2D eigenvalue weighted by Crippen LogP contribution is -2.20. The Hall–Kier alpha value is -1.57. The van der Waals surface area contributed by atoms with E-state index in [4.69, 9.17) is 14.2 Å². The third-order valence-electron chi connectivity index (χ3n) is 5.46. The summed E-state index contributed by atoms with van der Waals surface area (Å²) in [6.07, 6.45) is 10.2. The number of carbonyl (C=O) groups excluding carboxylic acids is 1. The summed E-state index contributed by atoms with van der Waals surface area (Å²) in [7, 11) is 1.55. The van der Waals surface area contributed by atoms with Crippen molar-refractivity contribution in [2.45, 2.75) is 63.4 Å². The van der Waals surface area contributed by atoms with Crippen molar-refractivity contribution in [2.24, 2.45) is 0 Å². The summed E-state index contributed by atoms with van der Waals surface area (Å²) >= 11 is 1.72. The SMILES string of the molecule is COCOCC(=O)C[C@H]1CCc2sc3ncnc(OC4CCCCC4)c3c21. The minimum absolute atomic E-state index is 0.101. The van der Waals surface area contributed by atoms with Crippen LogP contribution in [0.3, 0.4) is 0 Å². The van der Waals surface area contributed by atoms with E-state index in [9.17, 15) is 4.79 Å². The molecule has 0 saturated heterocycles. The van der Waals surface area contributed by atoms with Crippen LogP contribution < -0.4 is 4.74 Å². The normalized spacial score (nSPS) is 20.1. The van der Waals surface area contributed by atoms with Gasteiger partial charge in [-0.25, -0.2) is 9.97 Å². The lowest BCUT2D eigenvalue weighted by Gasteiger charge is -2.23. The van der Waals surface area contributed by atoms with E-state index < -0.39 is 0 Å². The predicted molar refractivity (Wildman–Crippen MR) is 103 cm³/mol. The summed E-state index contributed by atoms with van der Waals surface area (Å²) in [5, 5.41) is 1.04. The van der Waals surface area contributed by atoms with Crippen molar-refractivity contribution in [2.75, 3.05) is 20.5 Å². The third-order valence-corrected chi connectivity index (χ3v) is 6.64. The van der Waals surface area contributed by atoms with Crippen LogP contribution in [0, 0.1) is 0 Å². The molecule has 2 aliphatic carbocycles. The summed E-state index contributed by atoms with van der Waals surface area (Å²) < 4.78 is 16.4. The van der Waals surface area contributed by atoms with E-state index in [0.29, 0.717) is 12.3 Å². The zero-order valence-corrected chi connectivity index (χ0v) is 16.6. The van der Waals surface area contributed by atoms with E-state index in [2.05, 4.69) is 9.97 Å². The first-order chi connectivity index (χ1) is 13.3. The first-order valence-electron chi connectivity index (χ1n) is 9.77. The summed E-state index contributed by atoms with van der Waals surface area (Å²) in [6.45, 7) is 0.250. The maximum atomic E-state index is 12.3. The molecule has 1 atom stereocenters. The number of hydrogen-bond donors (Lipinski definition) is 0. The molecule has 0 spiro atoms. The number of nitrogens with zero attached hydrogens (tertiary/aromatic N) is 2. The van der Waals surface area contributed by atoms with Gasteiger partial charge in [-0.05, 0) is 50.0 Å². The molecule has 0 amide bonds. The fourth-order valence-electron chi connectivity index (χ4n) is 4.25. The second-order valence-electron chi connectivity index (χ2n) is 7.41. The van der Waals surface area contributed by atoms with E-state index in [1.165, 1.54) is 29.7 Å². The van der Waals surface area contributed by atoms with Crippen LogP contribution in [-0.4, -0.2) is 42.4 Å². The Morgan fingerprint density at radius 3 is 2.89 bits per heavy atom. The Labute approximate surface area is 163 Å². The Kier molecular flexibility index (Phi) is 6.00. The van der Waals surface area contributed by atoms with Gasteiger partial charge in [0.2, 0.25) is 5.88 Å². The van der Waals surface area contributed by atoms with Crippen molar-refractivity contribution in [1.29, 1.82) is 0 Å². The fraction of sp³-hybridized carbons (Fsp3) is 0.650. The van der Waals surface area contributed by atoms with Crippen molar-refractivity contribution < 1.29 is 19.0 Å². The van der Waals surface area contributed by atoms with Gasteiger partial charge in [0.05, 0.1) is 5.39 Å². The van der Waals surface area contributed by atoms with Gasteiger partial charge in [0.25, 0.3) is 0 Å². The fourth-order valence-corrected chi connectivity index (χ4v) is 5.48. The molecule has 146 valence electrons. The van der Waals surface area contributed by atoms with Gasteiger partial charge in [0.1, 0.15) is 30.7 Å². The van der Waals surface area contributed by atoms with Gasteiger partial charge in [-0.3, -0.25) is 4.79 Å². The number of methoxy groups -OCH3 is 1. The highest BCUT2D eigenvalue weighted by molar-refractivity contribution is 7.19. The molecule has 2 aromatic rings. The Morgan fingerprint density at radius 1 is 1.22 bits per heavy atom. The monoisotopic (exact) mass is 390 g/mol. The molecule has 1 fully saturated rings. The summed E-state index contributed by atoms with van der Waals surface area (Å²) in [5.41, 5.74) is 1.24. The molecule has 2 aliphatic rings. The average molecular weight is 391 g/mol. The van der Waals surface area contributed by atoms with Crippen molar-refractivity contribution in [3.8, 4) is 5.88 Å². The summed E-state index contributed by atoms with van der Waals surface area (Å²) in [5.74, 6) is 1.02. The number of rotatable bonds is 8. The number of ketones is 1. The number of thiophene rings is 1. The van der Waals surface area contributed by atoms with E-state index in [-0.39, 0.29) is 31.2 Å². The van der Waals surface area contributed by atoms with E-state index in [1.54, 1.807) is 24.8 Å². The number of aromatic nitrogens is 2. The lowest BCUT2D eigenvalue weighted by atomic mass is 9.95. The molecular formula is C20H26N2O4S. The van der Waals surface area contributed by atoms with Crippen LogP contribution in [0.4, 0.5) is 0 Å². The largest absolute Gasteiger partial charge is 0.474 e.